The third-order valence-electron chi connectivity index (χ3n) is 1.62. The Kier molecular flexibility index (Phi) is 4.89. The largest absolute Gasteiger partial charge is 0.478 e. The van der Waals surface area contributed by atoms with Gasteiger partial charge in [0.2, 0.25) is 0 Å². The highest BCUT2D eigenvalue weighted by atomic mass is 16.4. The van der Waals surface area contributed by atoms with E-state index in [0.717, 1.165) is 5.57 Å². The van der Waals surface area contributed by atoms with Gasteiger partial charge in [-0.25, -0.2) is 4.79 Å². The molecule has 0 aromatic heterocycles. The van der Waals surface area contributed by atoms with E-state index in [0.29, 0.717) is 12.0 Å². The zero-order valence-corrected chi connectivity index (χ0v) is 8.59. The van der Waals surface area contributed by atoms with Crippen LogP contribution in [0.25, 0.3) is 0 Å². The standard InChI is InChI=1S/C10H16NO2/c1-5-9(6-7-11(3)4)8(2)10(12)13/h7H,5H2,1-4H3,(H,12,13). The first-order chi connectivity index (χ1) is 5.99. The van der Waals surface area contributed by atoms with Gasteiger partial charge in [-0.2, -0.15) is 0 Å². The van der Waals surface area contributed by atoms with Crippen molar-refractivity contribution in [2.24, 2.45) is 0 Å². The number of rotatable bonds is 4. The second-order valence-electron chi connectivity index (χ2n) is 3.00. The average molecular weight is 182 g/mol. The summed E-state index contributed by atoms with van der Waals surface area (Å²) in [5.74, 6) is -0.878. The molecule has 0 unspecified atom stereocenters. The maximum atomic E-state index is 10.6. The van der Waals surface area contributed by atoms with Gasteiger partial charge in [0.15, 0.2) is 0 Å². The fraction of sp³-hybridized carbons (Fsp3) is 0.500. The van der Waals surface area contributed by atoms with E-state index in [1.807, 2.05) is 25.9 Å². The van der Waals surface area contributed by atoms with Gasteiger partial charge in [0.1, 0.15) is 0 Å². The number of aliphatic carboxylic acids is 1. The number of hydrogen-bond acceptors (Lipinski definition) is 2. The second kappa shape index (κ2) is 5.41. The quantitative estimate of drug-likeness (QED) is 0.531. The minimum absolute atomic E-state index is 0.362. The highest BCUT2D eigenvalue weighted by Gasteiger charge is 2.04. The average Bonchev–Trinajstić information content (AvgIpc) is 2.04. The lowest BCUT2D eigenvalue weighted by molar-refractivity contribution is -0.132. The molecule has 0 saturated heterocycles. The fourth-order valence-electron chi connectivity index (χ4n) is 0.812. The summed E-state index contributed by atoms with van der Waals surface area (Å²) >= 11 is 0. The van der Waals surface area contributed by atoms with Gasteiger partial charge < -0.3 is 10.0 Å². The molecule has 0 rings (SSSR count). The van der Waals surface area contributed by atoms with Crippen molar-refractivity contribution in [3.8, 4) is 0 Å². The first kappa shape index (κ1) is 11.8. The summed E-state index contributed by atoms with van der Waals surface area (Å²) in [6.45, 7) is 3.51. The normalized spacial score (nSPS) is 12.9. The number of allylic oxidation sites excluding steroid dienone is 2. The molecule has 0 aliphatic rings. The first-order valence-corrected chi connectivity index (χ1v) is 4.18. The minimum Gasteiger partial charge on any atom is -0.478 e. The van der Waals surface area contributed by atoms with Gasteiger partial charge in [-0.15, -0.1) is 0 Å². The molecule has 1 N–H and O–H groups in total. The predicted octanol–water partition coefficient (Wildman–Crippen LogP) is 1.68. The molecule has 0 atom stereocenters. The van der Waals surface area contributed by atoms with Crippen LogP contribution in [-0.4, -0.2) is 30.1 Å². The van der Waals surface area contributed by atoms with Crippen LogP contribution in [0.5, 0.6) is 0 Å². The predicted molar refractivity (Wildman–Crippen MR) is 52.1 cm³/mol. The molecule has 0 aromatic carbocycles. The van der Waals surface area contributed by atoms with Crippen molar-refractivity contribution >= 4 is 5.97 Å². The molecule has 73 valence electrons. The third-order valence-corrected chi connectivity index (χ3v) is 1.62. The molecule has 3 nitrogen and oxygen atoms in total. The summed E-state index contributed by atoms with van der Waals surface area (Å²) < 4.78 is 0. The Bertz CT molecular complexity index is 239. The zero-order chi connectivity index (χ0) is 10.4. The summed E-state index contributed by atoms with van der Waals surface area (Å²) in [6.07, 6.45) is 5.36. The monoisotopic (exact) mass is 182 g/mol. The van der Waals surface area contributed by atoms with Crippen LogP contribution in [0.3, 0.4) is 0 Å². The van der Waals surface area contributed by atoms with Crippen molar-refractivity contribution in [2.75, 3.05) is 14.1 Å². The highest BCUT2D eigenvalue weighted by Crippen LogP contribution is 2.09. The molecule has 0 heterocycles. The lowest BCUT2D eigenvalue weighted by Gasteiger charge is -2.05. The van der Waals surface area contributed by atoms with E-state index in [9.17, 15) is 4.79 Å². The summed E-state index contributed by atoms with van der Waals surface area (Å²) in [6, 6.07) is 0. The Morgan fingerprint density at radius 2 is 2.08 bits per heavy atom. The van der Waals surface area contributed by atoms with Gasteiger partial charge in [0, 0.05) is 31.9 Å². The van der Waals surface area contributed by atoms with E-state index in [2.05, 4.69) is 6.08 Å². The summed E-state index contributed by atoms with van der Waals surface area (Å²) in [7, 11) is 3.74. The smallest absolute Gasteiger partial charge is 0.331 e. The van der Waals surface area contributed by atoms with E-state index in [4.69, 9.17) is 5.11 Å². The number of nitrogens with zero attached hydrogens (tertiary/aromatic N) is 1. The Labute approximate surface area is 79.4 Å². The first-order valence-electron chi connectivity index (χ1n) is 4.18. The van der Waals surface area contributed by atoms with Crippen LogP contribution in [0, 0.1) is 6.08 Å². The van der Waals surface area contributed by atoms with Crippen LogP contribution in [-0.2, 0) is 4.79 Å². The van der Waals surface area contributed by atoms with Crippen LogP contribution in [0.15, 0.2) is 17.3 Å². The highest BCUT2D eigenvalue weighted by molar-refractivity contribution is 5.87. The summed E-state index contributed by atoms with van der Waals surface area (Å²) in [4.78, 5) is 12.4. The van der Waals surface area contributed by atoms with Crippen molar-refractivity contribution in [2.45, 2.75) is 20.3 Å². The van der Waals surface area contributed by atoms with E-state index >= 15 is 0 Å². The number of carboxylic acids is 1. The van der Waals surface area contributed by atoms with Crippen molar-refractivity contribution in [3.05, 3.63) is 23.4 Å². The van der Waals surface area contributed by atoms with E-state index in [-0.39, 0.29) is 0 Å². The van der Waals surface area contributed by atoms with Gasteiger partial charge in [-0.1, -0.05) is 6.92 Å². The molecule has 0 saturated carbocycles. The maximum absolute atomic E-state index is 10.6. The lowest BCUT2D eigenvalue weighted by atomic mass is 10.1. The number of carbonyl (C=O) groups is 1. The zero-order valence-electron chi connectivity index (χ0n) is 8.59. The Balaban J connectivity index is 4.69. The topological polar surface area (TPSA) is 40.5 Å². The fourth-order valence-corrected chi connectivity index (χ4v) is 0.812. The molecule has 0 aromatic rings. The lowest BCUT2D eigenvalue weighted by Crippen LogP contribution is -2.03. The van der Waals surface area contributed by atoms with Crippen molar-refractivity contribution in [1.82, 2.24) is 4.90 Å². The summed E-state index contributed by atoms with van der Waals surface area (Å²) in [5, 5.41) is 8.72. The van der Waals surface area contributed by atoms with Gasteiger partial charge in [0.25, 0.3) is 0 Å². The van der Waals surface area contributed by atoms with Crippen LogP contribution >= 0.6 is 0 Å². The van der Waals surface area contributed by atoms with Crippen LogP contribution < -0.4 is 0 Å². The summed E-state index contributed by atoms with van der Waals surface area (Å²) in [5.41, 5.74) is 1.10. The van der Waals surface area contributed by atoms with Gasteiger partial charge in [-0.05, 0) is 18.9 Å². The van der Waals surface area contributed by atoms with Gasteiger partial charge >= 0.3 is 5.97 Å². The van der Waals surface area contributed by atoms with Crippen molar-refractivity contribution < 1.29 is 9.90 Å². The van der Waals surface area contributed by atoms with Crippen LogP contribution in [0.2, 0.25) is 0 Å². The van der Waals surface area contributed by atoms with E-state index < -0.39 is 5.97 Å². The maximum Gasteiger partial charge on any atom is 0.331 e. The van der Waals surface area contributed by atoms with Gasteiger partial charge in [-0.3, -0.25) is 0 Å². The molecular formula is C10H16NO2. The molecule has 0 fully saturated rings. The molecule has 3 heteroatoms. The number of hydrogen-bond donors (Lipinski definition) is 1. The SMILES string of the molecule is CCC([C]=CN(C)C)=C(C)C(=O)O. The Morgan fingerprint density at radius 1 is 1.54 bits per heavy atom. The van der Waals surface area contributed by atoms with E-state index in [1.165, 1.54) is 0 Å². The Morgan fingerprint density at radius 3 is 2.38 bits per heavy atom. The van der Waals surface area contributed by atoms with Crippen molar-refractivity contribution in [3.63, 3.8) is 0 Å². The van der Waals surface area contributed by atoms with Crippen LogP contribution in [0.1, 0.15) is 20.3 Å². The van der Waals surface area contributed by atoms with Gasteiger partial charge in [0.05, 0.1) is 0 Å². The number of carboxylic acid groups (broad SMARTS) is 1. The molecule has 1 radical (unpaired) electrons. The van der Waals surface area contributed by atoms with Crippen molar-refractivity contribution in [1.29, 1.82) is 0 Å². The molecule has 0 aliphatic heterocycles. The minimum atomic E-state index is -0.878. The molecule has 0 amide bonds. The third kappa shape index (κ3) is 4.35. The molecule has 0 aliphatic carbocycles. The molecule has 13 heavy (non-hydrogen) atoms. The molecule has 0 bridgehead atoms. The van der Waals surface area contributed by atoms with Crippen LogP contribution in [0.4, 0.5) is 0 Å². The Hall–Kier alpha value is -1.25. The second-order valence-corrected chi connectivity index (χ2v) is 3.00. The molecular weight excluding hydrogens is 166 g/mol. The van der Waals surface area contributed by atoms with E-state index in [1.54, 1.807) is 13.1 Å². The molecule has 0 spiro atoms.